The molecule has 84 valence electrons. The molecule has 0 aliphatic carbocycles. The van der Waals surface area contributed by atoms with Crippen molar-refractivity contribution in [2.45, 2.75) is 13.8 Å². The van der Waals surface area contributed by atoms with Crippen LogP contribution in [0.25, 0.3) is 10.1 Å². The van der Waals surface area contributed by atoms with Gasteiger partial charge in [0, 0.05) is 4.70 Å². The number of hydroxylamine groups is 1. The van der Waals surface area contributed by atoms with E-state index in [1.165, 1.54) is 11.3 Å². The van der Waals surface area contributed by atoms with Crippen LogP contribution in [-0.2, 0) is 4.84 Å². The Morgan fingerprint density at radius 3 is 2.88 bits per heavy atom. The minimum Gasteiger partial charge on any atom is -0.274 e. The molecular formula is C12H13NO2S. The van der Waals surface area contributed by atoms with Crippen molar-refractivity contribution < 1.29 is 9.63 Å². The fourth-order valence-electron chi connectivity index (χ4n) is 1.57. The number of fused-ring (bicyclic) bond motifs is 1. The van der Waals surface area contributed by atoms with Crippen LogP contribution in [0.2, 0.25) is 0 Å². The lowest BCUT2D eigenvalue weighted by molar-refractivity contribution is 0.0368. The molecule has 0 fully saturated rings. The summed E-state index contributed by atoms with van der Waals surface area (Å²) in [5.74, 6) is -0.166. The molecule has 0 aliphatic rings. The third-order valence-electron chi connectivity index (χ3n) is 2.36. The van der Waals surface area contributed by atoms with Crippen LogP contribution in [0.3, 0.4) is 0 Å². The van der Waals surface area contributed by atoms with E-state index < -0.39 is 0 Å². The Balaban J connectivity index is 2.37. The normalized spacial score (nSPS) is 10.6. The maximum Gasteiger partial charge on any atom is 0.285 e. The Morgan fingerprint density at radius 2 is 2.19 bits per heavy atom. The molecule has 1 N–H and O–H groups in total. The van der Waals surface area contributed by atoms with Gasteiger partial charge in [0.2, 0.25) is 0 Å². The first-order valence-electron chi connectivity index (χ1n) is 5.14. The van der Waals surface area contributed by atoms with Crippen molar-refractivity contribution in [2.24, 2.45) is 0 Å². The molecular weight excluding hydrogens is 222 g/mol. The summed E-state index contributed by atoms with van der Waals surface area (Å²) in [6.07, 6.45) is 0. The quantitative estimate of drug-likeness (QED) is 0.831. The van der Waals surface area contributed by atoms with E-state index in [0.717, 1.165) is 20.5 Å². The van der Waals surface area contributed by atoms with Gasteiger partial charge in [0.1, 0.15) is 0 Å². The molecule has 0 unspecified atom stereocenters. The summed E-state index contributed by atoms with van der Waals surface area (Å²) >= 11 is 1.49. The molecule has 0 saturated heterocycles. The van der Waals surface area contributed by atoms with Crippen molar-refractivity contribution >= 4 is 27.3 Å². The number of hydrogen-bond donors (Lipinski definition) is 1. The monoisotopic (exact) mass is 235 g/mol. The van der Waals surface area contributed by atoms with E-state index in [9.17, 15) is 4.79 Å². The van der Waals surface area contributed by atoms with E-state index >= 15 is 0 Å². The fourth-order valence-corrected chi connectivity index (χ4v) is 2.67. The standard InChI is InChI=1S/C12H13NO2S/c1-3-15-13-12(14)11-8(2)9-6-4-5-7-10(9)16-11/h4-7H,3H2,1-2H3,(H,13,14). The first-order chi connectivity index (χ1) is 7.74. The lowest BCUT2D eigenvalue weighted by Crippen LogP contribution is -2.23. The van der Waals surface area contributed by atoms with E-state index in [2.05, 4.69) is 5.48 Å². The number of amides is 1. The number of hydrogen-bond acceptors (Lipinski definition) is 3. The number of nitrogens with one attached hydrogen (secondary N) is 1. The molecule has 0 atom stereocenters. The Kier molecular flexibility index (Phi) is 3.22. The SMILES string of the molecule is CCONC(=O)c1sc2ccccc2c1C. The average molecular weight is 235 g/mol. The number of carbonyl (C=O) groups excluding carboxylic acids is 1. The topological polar surface area (TPSA) is 38.3 Å². The van der Waals surface area contributed by atoms with E-state index in [4.69, 9.17) is 4.84 Å². The van der Waals surface area contributed by atoms with E-state index in [1.54, 1.807) is 0 Å². The molecule has 0 bridgehead atoms. The molecule has 0 radical (unpaired) electrons. The average Bonchev–Trinajstić information content (AvgIpc) is 2.64. The zero-order chi connectivity index (χ0) is 11.5. The number of aryl methyl sites for hydroxylation is 1. The number of rotatable bonds is 3. The van der Waals surface area contributed by atoms with Gasteiger partial charge in [-0.3, -0.25) is 9.63 Å². The molecule has 1 amide bonds. The molecule has 0 saturated carbocycles. The second-order valence-electron chi connectivity index (χ2n) is 3.42. The highest BCUT2D eigenvalue weighted by Crippen LogP contribution is 2.30. The first kappa shape index (κ1) is 11.1. The second-order valence-corrected chi connectivity index (χ2v) is 4.47. The summed E-state index contributed by atoms with van der Waals surface area (Å²) in [4.78, 5) is 17.4. The Bertz CT molecular complexity index is 519. The van der Waals surface area contributed by atoms with Gasteiger partial charge in [0.25, 0.3) is 5.91 Å². The minimum atomic E-state index is -0.166. The Hall–Kier alpha value is -1.39. The first-order valence-corrected chi connectivity index (χ1v) is 5.96. The zero-order valence-electron chi connectivity index (χ0n) is 9.24. The summed E-state index contributed by atoms with van der Waals surface area (Å²) in [5.41, 5.74) is 3.43. The molecule has 1 aromatic heterocycles. The van der Waals surface area contributed by atoms with E-state index in [-0.39, 0.29) is 5.91 Å². The third kappa shape index (κ3) is 1.94. The molecule has 0 aliphatic heterocycles. The Labute approximate surface area is 98.0 Å². The van der Waals surface area contributed by atoms with Gasteiger partial charge < -0.3 is 0 Å². The van der Waals surface area contributed by atoms with Crippen molar-refractivity contribution in [3.05, 3.63) is 34.7 Å². The van der Waals surface area contributed by atoms with Crippen LogP contribution in [0.5, 0.6) is 0 Å². The molecule has 3 nitrogen and oxygen atoms in total. The number of benzene rings is 1. The third-order valence-corrected chi connectivity index (χ3v) is 3.63. The van der Waals surface area contributed by atoms with Gasteiger partial charge in [-0.2, -0.15) is 0 Å². The van der Waals surface area contributed by atoms with Crippen molar-refractivity contribution in [3.63, 3.8) is 0 Å². The summed E-state index contributed by atoms with van der Waals surface area (Å²) in [7, 11) is 0. The highest BCUT2D eigenvalue weighted by Gasteiger charge is 2.14. The zero-order valence-corrected chi connectivity index (χ0v) is 10.1. The largest absolute Gasteiger partial charge is 0.285 e. The molecule has 1 aromatic carbocycles. The molecule has 16 heavy (non-hydrogen) atoms. The second kappa shape index (κ2) is 4.63. The predicted octanol–water partition coefficient (Wildman–Crippen LogP) is 2.89. The molecule has 2 aromatic rings. The van der Waals surface area contributed by atoms with Crippen molar-refractivity contribution in [1.29, 1.82) is 0 Å². The van der Waals surface area contributed by atoms with Gasteiger partial charge in [-0.1, -0.05) is 18.2 Å². The van der Waals surface area contributed by atoms with E-state index in [1.807, 2.05) is 38.1 Å². The Morgan fingerprint density at radius 1 is 1.44 bits per heavy atom. The van der Waals surface area contributed by atoms with Crippen molar-refractivity contribution in [1.82, 2.24) is 5.48 Å². The maximum atomic E-state index is 11.8. The highest BCUT2D eigenvalue weighted by atomic mass is 32.1. The van der Waals surface area contributed by atoms with Gasteiger partial charge in [-0.25, -0.2) is 5.48 Å². The summed E-state index contributed by atoms with van der Waals surface area (Å²) in [6, 6.07) is 8.00. The smallest absolute Gasteiger partial charge is 0.274 e. The van der Waals surface area contributed by atoms with Crippen LogP contribution < -0.4 is 5.48 Å². The van der Waals surface area contributed by atoms with Crippen molar-refractivity contribution in [3.8, 4) is 0 Å². The number of carbonyl (C=O) groups is 1. The highest BCUT2D eigenvalue weighted by molar-refractivity contribution is 7.21. The van der Waals surface area contributed by atoms with Crippen LogP contribution in [0.1, 0.15) is 22.2 Å². The molecule has 1 heterocycles. The molecule has 2 rings (SSSR count). The fraction of sp³-hybridized carbons (Fsp3) is 0.250. The predicted molar refractivity (Wildman–Crippen MR) is 65.7 cm³/mol. The van der Waals surface area contributed by atoms with E-state index in [0.29, 0.717) is 6.61 Å². The van der Waals surface area contributed by atoms with Gasteiger partial charge in [-0.05, 0) is 30.9 Å². The van der Waals surface area contributed by atoms with Gasteiger partial charge >= 0.3 is 0 Å². The van der Waals surface area contributed by atoms with Gasteiger partial charge in [-0.15, -0.1) is 11.3 Å². The van der Waals surface area contributed by atoms with Crippen LogP contribution in [0, 0.1) is 6.92 Å². The van der Waals surface area contributed by atoms with Crippen LogP contribution in [0.4, 0.5) is 0 Å². The van der Waals surface area contributed by atoms with Gasteiger partial charge in [0.05, 0.1) is 11.5 Å². The summed E-state index contributed by atoms with van der Waals surface area (Å²) in [6.45, 7) is 4.26. The molecule has 4 heteroatoms. The van der Waals surface area contributed by atoms with Crippen LogP contribution in [-0.4, -0.2) is 12.5 Å². The lowest BCUT2D eigenvalue weighted by atomic mass is 10.1. The minimum absolute atomic E-state index is 0.166. The van der Waals surface area contributed by atoms with Crippen LogP contribution in [0.15, 0.2) is 24.3 Å². The molecule has 0 spiro atoms. The maximum absolute atomic E-state index is 11.8. The summed E-state index contributed by atoms with van der Waals surface area (Å²) < 4.78 is 1.13. The van der Waals surface area contributed by atoms with Crippen LogP contribution >= 0.6 is 11.3 Å². The van der Waals surface area contributed by atoms with Gasteiger partial charge in [0.15, 0.2) is 0 Å². The summed E-state index contributed by atoms with van der Waals surface area (Å²) in [5, 5.41) is 1.13. The van der Waals surface area contributed by atoms with Crippen molar-refractivity contribution in [2.75, 3.05) is 6.61 Å². The number of thiophene rings is 1. The lowest BCUT2D eigenvalue weighted by Gasteiger charge is -2.01.